The Bertz CT molecular complexity index is 548. The quantitative estimate of drug-likeness (QED) is 0.618. The number of aryl methyl sites for hydroxylation is 1. The largest absolute Gasteiger partial charge is 0.371 e. The predicted molar refractivity (Wildman–Crippen MR) is 85.5 cm³/mol. The molecule has 21 heavy (non-hydrogen) atoms. The van der Waals surface area contributed by atoms with Crippen LogP contribution in [0.3, 0.4) is 0 Å². The van der Waals surface area contributed by atoms with E-state index in [1.165, 1.54) is 36.1 Å². The van der Waals surface area contributed by atoms with Gasteiger partial charge in [0.15, 0.2) is 0 Å². The van der Waals surface area contributed by atoms with Crippen LogP contribution in [0, 0.1) is 6.92 Å². The average molecular weight is 284 g/mol. The Hall–Kier alpha value is -1.60. The Morgan fingerprint density at radius 3 is 2.48 bits per heavy atom. The van der Waals surface area contributed by atoms with Crippen molar-refractivity contribution in [2.24, 2.45) is 4.99 Å². The molecule has 0 N–H and O–H groups in total. The van der Waals surface area contributed by atoms with E-state index in [0.29, 0.717) is 0 Å². The summed E-state index contributed by atoms with van der Waals surface area (Å²) < 4.78 is 0. The molecule has 0 bridgehead atoms. The lowest BCUT2D eigenvalue weighted by Crippen LogP contribution is -2.32. The zero-order chi connectivity index (χ0) is 14.7. The molecular formula is C18H24N2O. The lowest BCUT2D eigenvalue weighted by atomic mass is 9.86. The number of piperidine rings is 1. The topological polar surface area (TPSA) is 32.7 Å². The molecule has 3 rings (SSSR count). The summed E-state index contributed by atoms with van der Waals surface area (Å²) >= 11 is 0. The minimum atomic E-state index is -0.319. The van der Waals surface area contributed by atoms with E-state index in [4.69, 9.17) is 0 Å². The molecular weight excluding hydrogens is 260 g/mol. The number of benzene rings is 1. The van der Waals surface area contributed by atoms with Gasteiger partial charge < -0.3 is 4.90 Å². The van der Waals surface area contributed by atoms with Crippen molar-refractivity contribution in [3.8, 4) is 0 Å². The summed E-state index contributed by atoms with van der Waals surface area (Å²) in [6.07, 6.45) is 9.97. The monoisotopic (exact) mass is 284 g/mol. The van der Waals surface area contributed by atoms with E-state index in [9.17, 15) is 4.79 Å². The van der Waals surface area contributed by atoms with E-state index >= 15 is 0 Å². The van der Waals surface area contributed by atoms with Crippen LogP contribution in [0.25, 0.3) is 0 Å². The van der Waals surface area contributed by atoms with Gasteiger partial charge in [-0.25, -0.2) is 4.79 Å². The van der Waals surface area contributed by atoms with Crippen LogP contribution in [0.1, 0.15) is 56.1 Å². The number of carbonyl (C=O) groups excluding carboxylic acids is 1. The van der Waals surface area contributed by atoms with Gasteiger partial charge in [-0.05, 0) is 45.1 Å². The number of aliphatic imine (C=N–C) groups is 1. The molecule has 0 unspecified atom stereocenters. The number of isocyanates is 1. The Labute approximate surface area is 127 Å². The second-order valence-corrected chi connectivity index (χ2v) is 6.51. The van der Waals surface area contributed by atoms with Gasteiger partial charge in [-0.15, -0.1) is 0 Å². The van der Waals surface area contributed by atoms with Gasteiger partial charge in [-0.3, -0.25) is 0 Å². The fourth-order valence-electron chi connectivity index (χ4n) is 3.92. The summed E-state index contributed by atoms with van der Waals surface area (Å²) in [5, 5.41) is 0. The molecule has 2 aliphatic rings. The third-order valence-corrected chi connectivity index (χ3v) is 5.04. The van der Waals surface area contributed by atoms with Crippen LogP contribution in [-0.2, 0) is 10.3 Å². The maximum Gasteiger partial charge on any atom is 0.235 e. The van der Waals surface area contributed by atoms with Crippen molar-refractivity contribution >= 4 is 11.8 Å². The fraction of sp³-hybridized carbons (Fsp3) is 0.611. The molecule has 1 heterocycles. The van der Waals surface area contributed by atoms with Crippen molar-refractivity contribution in [3.63, 3.8) is 0 Å². The zero-order valence-electron chi connectivity index (χ0n) is 12.9. The molecule has 1 saturated heterocycles. The normalized spacial score (nSPS) is 21.1. The Morgan fingerprint density at radius 2 is 1.81 bits per heavy atom. The van der Waals surface area contributed by atoms with Crippen LogP contribution < -0.4 is 4.90 Å². The first-order valence-electron chi connectivity index (χ1n) is 8.20. The smallest absolute Gasteiger partial charge is 0.235 e. The van der Waals surface area contributed by atoms with Gasteiger partial charge in [-0.1, -0.05) is 30.5 Å². The molecule has 0 spiro atoms. The average Bonchev–Trinajstić information content (AvgIpc) is 2.98. The van der Waals surface area contributed by atoms with Crippen molar-refractivity contribution in [1.29, 1.82) is 0 Å². The zero-order valence-corrected chi connectivity index (χ0v) is 12.9. The van der Waals surface area contributed by atoms with Gasteiger partial charge in [0, 0.05) is 24.3 Å². The molecule has 0 atom stereocenters. The van der Waals surface area contributed by atoms with Crippen LogP contribution in [0.4, 0.5) is 5.69 Å². The molecule has 1 aromatic rings. The Kier molecular flexibility index (Phi) is 4.12. The van der Waals surface area contributed by atoms with E-state index in [2.05, 4.69) is 35.0 Å². The first kappa shape index (κ1) is 14.3. The maximum atomic E-state index is 11.0. The van der Waals surface area contributed by atoms with Crippen LogP contribution in [0.2, 0.25) is 0 Å². The highest BCUT2D eigenvalue weighted by atomic mass is 16.1. The first-order valence-corrected chi connectivity index (χ1v) is 8.20. The lowest BCUT2D eigenvalue weighted by molar-refractivity contribution is 0.453. The van der Waals surface area contributed by atoms with Crippen molar-refractivity contribution < 1.29 is 4.79 Å². The third kappa shape index (κ3) is 2.75. The second-order valence-electron chi connectivity index (χ2n) is 6.51. The molecule has 0 amide bonds. The molecule has 3 heteroatoms. The van der Waals surface area contributed by atoms with Gasteiger partial charge in [0.2, 0.25) is 6.08 Å². The standard InChI is InChI=1S/C18H24N2O/c1-15-7-8-17(20-11-5-2-6-12-20)16(13-15)18(19-14-21)9-3-4-10-18/h7-8,13H,2-6,9-12H2,1H3. The van der Waals surface area contributed by atoms with Gasteiger partial charge in [0.1, 0.15) is 5.54 Å². The van der Waals surface area contributed by atoms with Crippen molar-refractivity contribution in [2.75, 3.05) is 18.0 Å². The highest BCUT2D eigenvalue weighted by molar-refractivity contribution is 5.59. The summed E-state index contributed by atoms with van der Waals surface area (Å²) in [4.78, 5) is 17.8. The van der Waals surface area contributed by atoms with Gasteiger partial charge in [-0.2, -0.15) is 4.99 Å². The highest BCUT2D eigenvalue weighted by Crippen LogP contribution is 2.46. The molecule has 1 aliphatic carbocycles. The second kappa shape index (κ2) is 6.03. The SMILES string of the molecule is Cc1ccc(N2CCCCC2)c(C2(N=C=O)CCCC2)c1. The number of hydrogen-bond donors (Lipinski definition) is 0. The molecule has 2 fully saturated rings. The molecule has 0 radical (unpaired) electrons. The highest BCUT2D eigenvalue weighted by Gasteiger charge is 2.38. The minimum absolute atomic E-state index is 0.319. The summed E-state index contributed by atoms with van der Waals surface area (Å²) in [6.45, 7) is 4.37. The maximum absolute atomic E-state index is 11.0. The minimum Gasteiger partial charge on any atom is -0.371 e. The first-order chi connectivity index (χ1) is 10.2. The van der Waals surface area contributed by atoms with Crippen LogP contribution in [0.15, 0.2) is 23.2 Å². The molecule has 1 saturated carbocycles. The van der Waals surface area contributed by atoms with Crippen molar-refractivity contribution in [1.82, 2.24) is 0 Å². The molecule has 1 aliphatic heterocycles. The molecule has 1 aromatic carbocycles. The lowest BCUT2D eigenvalue weighted by Gasteiger charge is -2.35. The van der Waals surface area contributed by atoms with Gasteiger partial charge in [0.25, 0.3) is 0 Å². The molecule has 3 nitrogen and oxygen atoms in total. The summed E-state index contributed by atoms with van der Waals surface area (Å²) in [5.41, 5.74) is 3.48. The summed E-state index contributed by atoms with van der Waals surface area (Å²) in [7, 11) is 0. The predicted octanol–water partition coefficient (Wildman–Crippen LogP) is 4.09. The van der Waals surface area contributed by atoms with E-state index in [-0.39, 0.29) is 5.54 Å². The third-order valence-electron chi connectivity index (χ3n) is 5.04. The summed E-state index contributed by atoms with van der Waals surface area (Å²) in [6, 6.07) is 6.66. The van der Waals surface area contributed by atoms with Crippen molar-refractivity contribution in [2.45, 2.75) is 57.4 Å². The van der Waals surface area contributed by atoms with E-state index in [1.807, 2.05) is 6.08 Å². The van der Waals surface area contributed by atoms with Crippen LogP contribution in [-0.4, -0.2) is 19.2 Å². The number of hydrogen-bond acceptors (Lipinski definition) is 3. The Balaban J connectivity index is 2.06. The Morgan fingerprint density at radius 1 is 1.10 bits per heavy atom. The van der Waals surface area contributed by atoms with Crippen LogP contribution >= 0.6 is 0 Å². The number of nitrogens with zero attached hydrogens (tertiary/aromatic N) is 2. The van der Waals surface area contributed by atoms with E-state index in [1.54, 1.807) is 0 Å². The van der Waals surface area contributed by atoms with Crippen molar-refractivity contribution in [3.05, 3.63) is 29.3 Å². The van der Waals surface area contributed by atoms with Crippen LogP contribution in [0.5, 0.6) is 0 Å². The number of rotatable bonds is 3. The number of anilines is 1. The molecule has 112 valence electrons. The van der Waals surface area contributed by atoms with E-state index in [0.717, 1.165) is 38.8 Å². The van der Waals surface area contributed by atoms with Gasteiger partial charge in [0.05, 0.1) is 0 Å². The summed E-state index contributed by atoms with van der Waals surface area (Å²) in [5.74, 6) is 0. The van der Waals surface area contributed by atoms with E-state index < -0.39 is 0 Å². The van der Waals surface area contributed by atoms with Gasteiger partial charge >= 0.3 is 0 Å². The fourth-order valence-corrected chi connectivity index (χ4v) is 3.92. The molecule has 0 aromatic heterocycles.